The largest absolute Gasteiger partial charge is 0.494 e. The van der Waals surface area contributed by atoms with Crippen molar-refractivity contribution in [3.63, 3.8) is 0 Å². The number of aryl methyl sites for hydroxylation is 1. The van der Waals surface area contributed by atoms with Crippen molar-refractivity contribution in [2.75, 3.05) is 6.61 Å². The quantitative estimate of drug-likeness (QED) is 0.662. The van der Waals surface area contributed by atoms with Crippen LogP contribution in [0.4, 0.5) is 0 Å². The van der Waals surface area contributed by atoms with Gasteiger partial charge in [-0.25, -0.2) is 0 Å². The van der Waals surface area contributed by atoms with E-state index in [0.717, 1.165) is 16.3 Å². The Morgan fingerprint density at radius 1 is 1.55 bits per heavy atom. The molecule has 0 bridgehead atoms. The molecular weight excluding hydrogens is 160 g/mol. The molecule has 1 aromatic rings. The summed E-state index contributed by atoms with van der Waals surface area (Å²) in [5.74, 6) is 0.821. The summed E-state index contributed by atoms with van der Waals surface area (Å²) in [6, 6.07) is 5.55. The van der Waals surface area contributed by atoms with Crippen LogP contribution in [0, 0.1) is 13.8 Å². The van der Waals surface area contributed by atoms with Crippen LogP contribution in [0.15, 0.2) is 18.2 Å². The van der Waals surface area contributed by atoms with E-state index in [1.807, 2.05) is 25.1 Å². The van der Waals surface area contributed by atoms with Gasteiger partial charge in [-0.05, 0) is 37.6 Å². The first-order chi connectivity index (χ1) is 5.24. The highest BCUT2D eigenvalue weighted by atomic mass is 35.5. The van der Waals surface area contributed by atoms with E-state index in [-0.39, 0.29) is 0 Å². The zero-order valence-electron chi connectivity index (χ0n) is 6.43. The Morgan fingerprint density at radius 2 is 2.27 bits per heavy atom. The van der Waals surface area contributed by atoms with E-state index in [1.54, 1.807) is 0 Å². The van der Waals surface area contributed by atoms with Gasteiger partial charge in [-0.3, -0.25) is 0 Å². The standard InChI is InChI=1S/C9H10ClO/c1-3-11-8-4-5-9(10)7(2)6-8/h4-6H,1,3H2,2H3. The molecule has 59 valence electrons. The van der Waals surface area contributed by atoms with Gasteiger partial charge in [0.25, 0.3) is 0 Å². The molecule has 0 aliphatic carbocycles. The molecule has 2 heteroatoms. The second-order valence-electron chi connectivity index (χ2n) is 2.26. The Morgan fingerprint density at radius 3 is 2.82 bits per heavy atom. The van der Waals surface area contributed by atoms with Crippen molar-refractivity contribution in [3.05, 3.63) is 35.7 Å². The van der Waals surface area contributed by atoms with Crippen LogP contribution < -0.4 is 4.74 Å². The minimum absolute atomic E-state index is 0.446. The topological polar surface area (TPSA) is 9.23 Å². The molecule has 0 aliphatic rings. The van der Waals surface area contributed by atoms with Gasteiger partial charge in [0.15, 0.2) is 0 Å². The Balaban J connectivity index is 2.86. The van der Waals surface area contributed by atoms with Crippen LogP contribution in [0.5, 0.6) is 5.75 Å². The Bertz CT molecular complexity index is 245. The fourth-order valence-electron chi connectivity index (χ4n) is 0.825. The van der Waals surface area contributed by atoms with Crippen molar-refractivity contribution in [1.29, 1.82) is 0 Å². The van der Waals surface area contributed by atoms with Gasteiger partial charge >= 0.3 is 0 Å². The highest BCUT2D eigenvalue weighted by Crippen LogP contribution is 2.20. The summed E-state index contributed by atoms with van der Waals surface area (Å²) in [5, 5.41) is 0.765. The predicted octanol–water partition coefficient (Wildman–Crippen LogP) is 2.86. The smallest absolute Gasteiger partial charge is 0.119 e. The average molecular weight is 170 g/mol. The minimum atomic E-state index is 0.446. The van der Waals surface area contributed by atoms with Gasteiger partial charge < -0.3 is 4.74 Å². The van der Waals surface area contributed by atoms with Crippen LogP contribution in [-0.4, -0.2) is 6.61 Å². The summed E-state index contributed by atoms with van der Waals surface area (Å²) in [4.78, 5) is 0. The van der Waals surface area contributed by atoms with Crippen molar-refractivity contribution >= 4 is 11.6 Å². The zero-order valence-corrected chi connectivity index (χ0v) is 7.19. The van der Waals surface area contributed by atoms with Crippen LogP contribution in [0.25, 0.3) is 0 Å². The van der Waals surface area contributed by atoms with Gasteiger partial charge in [0.2, 0.25) is 0 Å². The van der Waals surface area contributed by atoms with E-state index in [9.17, 15) is 0 Å². The number of hydrogen-bond donors (Lipinski definition) is 0. The molecule has 0 saturated carbocycles. The van der Waals surface area contributed by atoms with E-state index in [2.05, 4.69) is 6.92 Å². The number of benzene rings is 1. The Hall–Kier alpha value is -0.690. The molecule has 0 amide bonds. The monoisotopic (exact) mass is 169 g/mol. The predicted molar refractivity (Wildman–Crippen MR) is 47.0 cm³/mol. The molecule has 1 nitrogen and oxygen atoms in total. The van der Waals surface area contributed by atoms with Crippen molar-refractivity contribution < 1.29 is 4.74 Å². The lowest BCUT2D eigenvalue weighted by Crippen LogP contribution is -1.91. The van der Waals surface area contributed by atoms with E-state index in [1.165, 1.54) is 0 Å². The Kier molecular flexibility index (Phi) is 2.77. The van der Waals surface area contributed by atoms with Crippen molar-refractivity contribution in [3.8, 4) is 5.75 Å². The molecule has 0 aliphatic heterocycles. The summed E-state index contributed by atoms with van der Waals surface area (Å²) in [6.45, 7) is 5.97. The van der Waals surface area contributed by atoms with Crippen LogP contribution in [0.2, 0.25) is 5.02 Å². The highest BCUT2D eigenvalue weighted by Gasteiger charge is 1.96. The maximum atomic E-state index is 5.81. The van der Waals surface area contributed by atoms with Crippen LogP contribution in [0.1, 0.15) is 5.56 Å². The average Bonchev–Trinajstić information content (AvgIpc) is 1.98. The summed E-state index contributed by atoms with van der Waals surface area (Å²) in [5.41, 5.74) is 1.03. The summed E-state index contributed by atoms with van der Waals surface area (Å²) in [6.07, 6.45) is 0. The zero-order chi connectivity index (χ0) is 8.27. The molecule has 0 saturated heterocycles. The fourth-order valence-corrected chi connectivity index (χ4v) is 0.942. The van der Waals surface area contributed by atoms with Crippen LogP contribution in [-0.2, 0) is 0 Å². The molecular formula is C9H10ClO. The first-order valence-corrected chi connectivity index (χ1v) is 3.80. The van der Waals surface area contributed by atoms with Gasteiger partial charge in [-0.15, -0.1) is 0 Å². The third kappa shape index (κ3) is 2.12. The van der Waals surface area contributed by atoms with E-state index < -0.39 is 0 Å². The molecule has 0 spiro atoms. The summed E-state index contributed by atoms with van der Waals surface area (Å²) >= 11 is 5.81. The lowest BCUT2D eigenvalue weighted by molar-refractivity contribution is 0.361. The second kappa shape index (κ2) is 3.63. The minimum Gasteiger partial charge on any atom is -0.494 e. The normalized spacial score (nSPS) is 9.73. The van der Waals surface area contributed by atoms with Crippen molar-refractivity contribution in [1.82, 2.24) is 0 Å². The molecule has 1 radical (unpaired) electrons. The molecule has 0 N–H and O–H groups in total. The Labute approximate surface area is 71.9 Å². The molecule has 11 heavy (non-hydrogen) atoms. The van der Waals surface area contributed by atoms with Gasteiger partial charge in [-0.1, -0.05) is 11.6 Å². The van der Waals surface area contributed by atoms with Crippen LogP contribution >= 0.6 is 11.6 Å². The number of rotatable bonds is 2. The van der Waals surface area contributed by atoms with Gasteiger partial charge in [0, 0.05) is 5.02 Å². The lowest BCUT2D eigenvalue weighted by Gasteiger charge is -2.03. The number of halogens is 1. The maximum absolute atomic E-state index is 5.81. The fraction of sp³-hybridized carbons (Fsp3) is 0.222. The molecule has 0 aromatic heterocycles. The third-order valence-corrected chi connectivity index (χ3v) is 1.82. The van der Waals surface area contributed by atoms with Gasteiger partial charge in [0.05, 0.1) is 6.61 Å². The second-order valence-corrected chi connectivity index (χ2v) is 2.67. The van der Waals surface area contributed by atoms with Gasteiger partial charge in [0.1, 0.15) is 5.75 Å². The first-order valence-electron chi connectivity index (χ1n) is 3.42. The maximum Gasteiger partial charge on any atom is 0.119 e. The van der Waals surface area contributed by atoms with Crippen molar-refractivity contribution in [2.45, 2.75) is 6.92 Å². The molecule has 0 unspecified atom stereocenters. The van der Waals surface area contributed by atoms with E-state index in [0.29, 0.717) is 6.61 Å². The molecule has 0 fully saturated rings. The molecule has 0 atom stereocenters. The molecule has 1 aromatic carbocycles. The lowest BCUT2D eigenvalue weighted by atomic mass is 10.2. The highest BCUT2D eigenvalue weighted by molar-refractivity contribution is 6.31. The van der Waals surface area contributed by atoms with E-state index >= 15 is 0 Å². The van der Waals surface area contributed by atoms with E-state index in [4.69, 9.17) is 16.3 Å². The summed E-state index contributed by atoms with van der Waals surface area (Å²) < 4.78 is 5.17. The first kappa shape index (κ1) is 8.41. The number of hydrogen-bond acceptors (Lipinski definition) is 1. The van der Waals surface area contributed by atoms with Crippen molar-refractivity contribution in [2.24, 2.45) is 0 Å². The molecule has 1 rings (SSSR count). The molecule has 0 heterocycles. The number of ether oxygens (including phenoxy) is 1. The SMILES string of the molecule is [CH2]COc1ccc(Cl)c(C)c1. The van der Waals surface area contributed by atoms with Gasteiger partial charge in [-0.2, -0.15) is 0 Å². The van der Waals surface area contributed by atoms with Crippen LogP contribution in [0.3, 0.4) is 0 Å². The third-order valence-electron chi connectivity index (χ3n) is 1.40. The summed E-state index contributed by atoms with van der Waals surface area (Å²) in [7, 11) is 0.